The van der Waals surface area contributed by atoms with E-state index >= 15 is 0 Å². The normalized spacial score (nSPS) is 12.3. The van der Waals surface area contributed by atoms with Gasteiger partial charge in [-0.15, -0.1) is 0 Å². The number of aromatic nitrogens is 1. The molecule has 0 unspecified atom stereocenters. The Balaban J connectivity index is 1.92. The molecule has 0 saturated carbocycles. The highest BCUT2D eigenvalue weighted by Gasteiger charge is 2.21. The molecule has 0 spiro atoms. The third-order valence-corrected chi connectivity index (χ3v) is 3.57. The van der Waals surface area contributed by atoms with Crippen molar-refractivity contribution in [1.82, 2.24) is 4.57 Å². The summed E-state index contributed by atoms with van der Waals surface area (Å²) in [5.74, 6) is -0.799. The predicted octanol–water partition coefficient (Wildman–Crippen LogP) is 3.10. The van der Waals surface area contributed by atoms with Crippen molar-refractivity contribution in [2.24, 2.45) is 0 Å². The number of amides is 1. The molecule has 1 amide bonds. The molecule has 0 aliphatic rings. The zero-order valence-electron chi connectivity index (χ0n) is 12.4. The van der Waals surface area contributed by atoms with Crippen LogP contribution in [-0.2, 0) is 4.79 Å². The fourth-order valence-corrected chi connectivity index (χ4v) is 2.44. The summed E-state index contributed by atoms with van der Waals surface area (Å²) in [5.41, 5.74) is 2.84. The summed E-state index contributed by atoms with van der Waals surface area (Å²) in [6, 6.07) is 13.9. The first-order valence-corrected chi connectivity index (χ1v) is 7.04. The van der Waals surface area contributed by atoms with E-state index in [1.54, 1.807) is 31.2 Å². The van der Waals surface area contributed by atoms with Crippen LogP contribution in [0.5, 0.6) is 0 Å². The Kier molecular flexibility index (Phi) is 3.55. The van der Waals surface area contributed by atoms with Crippen LogP contribution in [0.15, 0.2) is 57.7 Å². The molecular formula is C17H16N2O3. The number of fused-ring (bicyclic) bond motifs is 1. The SMILES string of the molecule is Cc1cccc(NC(=O)[C@H](C)n2c(=O)oc3ccccc32)c1. The van der Waals surface area contributed by atoms with E-state index in [0.29, 0.717) is 16.8 Å². The van der Waals surface area contributed by atoms with E-state index in [-0.39, 0.29) is 5.91 Å². The fourth-order valence-electron chi connectivity index (χ4n) is 2.44. The molecule has 0 bridgehead atoms. The summed E-state index contributed by atoms with van der Waals surface area (Å²) in [7, 11) is 0. The average molecular weight is 296 g/mol. The lowest BCUT2D eigenvalue weighted by atomic mass is 10.2. The van der Waals surface area contributed by atoms with Crippen LogP contribution in [0.25, 0.3) is 11.1 Å². The van der Waals surface area contributed by atoms with Crippen LogP contribution in [0.1, 0.15) is 18.5 Å². The molecule has 0 saturated heterocycles. The van der Waals surface area contributed by atoms with E-state index in [1.165, 1.54) is 4.57 Å². The summed E-state index contributed by atoms with van der Waals surface area (Å²) in [6.45, 7) is 3.63. The number of nitrogens with zero attached hydrogens (tertiary/aromatic N) is 1. The Labute approximate surface area is 127 Å². The minimum atomic E-state index is -0.670. The van der Waals surface area contributed by atoms with E-state index in [1.807, 2.05) is 31.2 Å². The van der Waals surface area contributed by atoms with E-state index in [2.05, 4.69) is 5.32 Å². The number of hydrogen-bond acceptors (Lipinski definition) is 3. The Bertz CT molecular complexity index is 892. The number of carbonyl (C=O) groups is 1. The van der Waals surface area contributed by atoms with Crippen LogP contribution in [-0.4, -0.2) is 10.5 Å². The number of oxazole rings is 1. The first-order valence-electron chi connectivity index (χ1n) is 7.04. The highest BCUT2D eigenvalue weighted by Crippen LogP contribution is 2.18. The molecule has 3 rings (SSSR count). The summed E-state index contributed by atoms with van der Waals surface area (Å²) < 4.78 is 6.53. The van der Waals surface area contributed by atoms with Gasteiger partial charge in [-0.05, 0) is 43.7 Å². The van der Waals surface area contributed by atoms with Crippen LogP contribution in [0, 0.1) is 6.92 Å². The van der Waals surface area contributed by atoms with Gasteiger partial charge in [0.15, 0.2) is 5.58 Å². The van der Waals surface area contributed by atoms with Gasteiger partial charge in [0.1, 0.15) is 6.04 Å². The average Bonchev–Trinajstić information content (AvgIpc) is 2.82. The molecule has 3 aromatic rings. The minimum absolute atomic E-state index is 0.265. The van der Waals surface area contributed by atoms with Crippen molar-refractivity contribution >= 4 is 22.7 Å². The molecule has 0 fully saturated rings. The summed E-state index contributed by atoms with van der Waals surface area (Å²) in [4.78, 5) is 24.4. The Hall–Kier alpha value is -2.82. The number of nitrogens with one attached hydrogen (secondary N) is 1. The number of hydrogen-bond donors (Lipinski definition) is 1. The van der Waals surface area contributed by atoms with Crippen molar-refractivity contribution < 1.29 is 9.21 Å². The minimum Gasteiger partial charge on any atom is -0.408 e. The first-order chi connectivity index (χ1) is 10.6. The van der Waals surface area contributed by atoms with Crippen molar-refractivity contribution in [3.8, 4) is 0 Å². The molecule has 22 heavy (non-hydrogen) atoms. The molecule has 0 aliphatic heterocycles. The van der Waals surface area contributed by atoms with Crippen LogP contribution >= 0.6 is 0 Å². The topological polar surface area (TPSA) is 64.2 Å². The number of aryl methyl sites for hydroxylation is 1. The highest BCUT2D eigenvalue weighted by molar-refractivity contribution is 5.94. The zero-order valence-corrected chi connectivity index (χ0v) is 12.4. The lowest BCUT2D eigenvalue weighted by Crippen LogP contribution is -2.29. The molecular weight excluding hydrogens is 280 g/mol. The number of benzene rings is 2. The molecule has 0 radical (unpaired) electrons. The maximum absolute atomic E-state index is 12.4. The second-order valence-electron chi connectivity index (χ2n) is 5.24. The second-order valence-corrected chi connectivity index (χ2v) is 5.24. The number of carbonyl (C=O) groups excluding carboxylic acids is 1. The summed E-state index contributed by atoms with van der Waals surface area (Å²) >= 11 is 0. The number of rotatable bonds is 3. The standard InChI is InChI=1S/C17H16N2O3/c1-11-6-5-7-13(10-11)18-16(20)12(2)19-14-8-3-4-9-15(14)22-17(19)21/h3-10,12H,1-2H3,(H,18,20)/t12-/m0/s1. The predicted molar refractivity (Wildman–Crippen MR) is 85.0 cm³/mol. The van der Waals surface area contributed by atoms with Gasteiger partial charge in [-0.1, -0.05) is 24.3 Å². The molecule has 2 aromatic carbocycles. The molecule has 5 heteroatoms. The maximum Gasteiger partial charge on any atom is 0.420 e. The van der Waals surface area contributed by atoms with Crippen LogP contribution in [0.3, 0.4) is 0 Å². The summed E-state index contributed by atoms with van der Waals surface area (Å²) in [6.07, 6.45) is 0. The van der Waals surface area contributed by atoms with Gasteiger partial charge in [-0.2, -0.15) is 0 Å². The van der Waals surface area contributed by atoms with Crippen LogP contribution < -0.4 is 11.1 Å². The highest BCUT2D eigenvalue weighted by atomic mass is 16.4. The quantitative estimate of drug-likeness (QED) is 0.807. The molecule has 112 valence electrons. The molecule has 1 atom stereocenters. The molecule has 0 aliphatic carbocycles. The van der Waals surface area contributed by atoms with E-state index in [4.69, 9.17) is 4.42 Å². The van der Waals surface area contributed by atoms with Crippen molar-refractivity contribution in [1.29, 1.82) is 0 Å². The van der Waals surface area contributed by atoms with Crippen molar-refractivity contribution in [3.63, 3.8) is 0 Å². The van der Waals surface area contributed by atoms with Gasteiger partial charge in [0.05, 0.1) is 5.52 Å². The van der Waals surface area contributed by atoms with Crippen molar-refractivity contribution in [2.45, 2.75) is 19.9 Å². The van der Waals surface area contributed by atoms with Crippen LogP contribution in [0.2, 0.25) is 0 Å². The van der Waals surface area contributed by atoms with E-state index in [0.717, 1.165) is 5.56 Å². The van der Waals surface area contributed by atoms with Crippen molar-refractivity contribution in [2.75, 3.05) is 5.32 Å². The van der Waals surface area contributed by atoms with Gasteiger partial charge in [0.25, 0.3) is 0 Å². The monoisotopic (exact) mass is 296 g/mol. The fraction of sp³-hybridized carbons (Fsp3) is 0.176. The number of anilines is 1. The van der Waals surface area contributed by atoms with Gasteiger partial charge in [-0.3, -0.25) is 9.36 Å². The van der Waals surface area contributed by atoms with Crippen molar-refractivity contribution in [3.05, 3.63) is 64.6 Å². The van der Waals surface area contributed by atoms with E-state index in [9.17, 15) is 9.59 Å². The van der Waals surface area contributed by atoms with Gasteiger partial charge < -0.3 is 9.73 Å². The third-order valence-electron chi connectivity index (χ3n) is 3.57. The lowest BCUT2D eigenvalue weighted by Gasteiger charge is -2.13. The van der Waals surface area contributed by atoms with Gasteiger partial charge in [0, 0.05) is 5.69 Å². The maximum atomic E-state index is 12.4. The zero-order chi connectivity index (χ0) is 15.7. The summed E-state index contributed by atoms with van der Waals surface area (Å²) in [5, 5.41) is 2.82. The molecule has 5 nitrogen and oxygen atoms in total. The Morgan fingerprint density at radius 2 is 1.95 bits per heavy atom. The Morgan fingerprint density at radius 1 is 1.18 bits per heavy atom. The largest absolute Gasteiger partial charge is 0.420 e. The lowest BCUT2D eigenvalue weighted by molar-refractivity contribution is -0.118. The molecule has 1 N–H and O–H groups in total. The Morgan fingerprint density at radius 3 is 2.73 bits per heavy atom. The first kappa shape index (κ1) is 14.1. The second kappa shape index (κ2) is 5.52. The van der Waals surface area contributed by atoms with Gasteiger partial charge >= 0.3 is 5.76 Å². The third kappa shape index (κ3) is 2.53. The van der Waals surface area contributed by atoms with Crippen LogP contribution in [0.4, 0.5) is 5.69 Å². The smallest absolute Gasteiger partial charge is 0.408 e. The van der Waals surface area contributed by atoms with Gasteiger partial charge in [0.2, 0.25) is 5.91 Å². The van der Waals surface area contributed by atoms with E-state index < -0.39 is 11.8 Å². The molecule has 1 heterocycles. The number of para-hydroxylation sites is 2. The van der Waals surface area contributed by atoms with Gasteiger partial charge in [-0.25, -0.2) is 4.79 Å². The molecule has 1 aromatic heterocycles.